The van der Waals surface area contributed by atoms with Gasteiger partial charge in [-0.1, -0.05) is 59.8 Å². The monoisotopic (exact) mass is 169 g/mol. The third kappa shape index (κ3) is 10.0. The average Bonchev–Trinajstić information content (AvgIpc) is 2.36. The predicted octanol–water partition coefficient (Wildman–Crippen LogP) is 4.45. The minimum Gasteiger partial charge on any atom is -0.0628 e. The molecule has 12 heavy (non-hydrogen) atoms. The second-order valence-corrected chi connectivity index (χ2v) is 4.50. The van der Waals surface area contributed by atoms with Gasteiger partial charge in [-0.15, -0.1) is 0 Å². The van der Waals surface area contributed by atoms with E-state index in [1.807, 2.05) is 0 Å². The lowest BCUT2D eigenvalue weighted by molar-refractivity contribution is 0.501. The van der Waals surface area contributed by atoms with Gasteiger partial charge in [0.1, 0.15) is 0 Å². The topological polar surface area (TPSA) is 0 Å². The molecule has 1 aliphatic rings. The standard InChI is InChI=1S/C7H15.C5H10/c1-6(2)5-7(3)4;1-2-4-5-3-1/h6-7H,1,5H2,2-4H3;1-5H2. The lowest BCUT2D eigenvalue weighted by Crippen LogP contribution is -1.93. The van der Waals surface area contributed by atoms with Crippen LogP contribution in [0.5, 0.6) is 0 Å². The first kappa shape index (κ1) is 12.0. The second kappa shape index (κ2) is 7.64. The fraction of sp³-hybridized carbons (Fsp3) is 0.917. The quantitative estimate of drug-likeness (QED) is 0.573. The molecule has 0 amide bonds. The average molecular weight is 169 g/mol. The van der Waals surface area contributed by atoms with Gasteiger partial charge in [0.15, 0.2) is 0 Å². The molecule has 0 spiro atoms. The molecule has 1 rings (SSSR count). The Balaban J connectivity index is 0.000000211. The smallest absolute Gasteiger partial charge is 0.0440 e. The number of hydrogen-bond acceptors (Lipinski definition) is 0. The fourth-order valence-electron chi connectivity index (χ4n) is 1.69. The maximum Gasteiger partial charge on any atom is -0.0440 e. The summed E-state index contributed by atoms with van der Waals surface area (Å²) in [6, 6.07) is 0. The van der Waals surface area contributed by atoms with Crippen LogP contribution < -0.4 is 0 Å². The van der Waals surface area contributed by atoms with Crippen molar-refractivity contribution in [3.63, 3.8) is 0 Å². The Morgan fingerprint density at radius 2 is 1.25 bits per heavy atom. The maximum atomic E-state index is 3.88. The van der Waals surface area contributed by atoms with Crippen LogP contribution >= 0.6 is 0 Å². The number of hydrogen-bond donors (Lipinski definition) is 0. The van der Waals surface area contributed by atoms with Crippen LogP contribution in [0, 0.1) is 18.8 Å². The molecule has 0 heteroatoms. The normalized spacial score (nSPS) is 16.5. The summed E-state index contributed by atoms with van der Waals surface area (Å²) in [5.41, 5.74) is 0. The van der Waals surface area contributed by atoms with Gasteiger partial charge in [0.05, 0.1) is 0 Å². The summed E-state index contributed by atoms with van der Waals surface area (Å²) in [4.78, 5) is 0. The van der Waals surface area contributed by atoms with Gasteiger partial charge in [-0.2, -0.15) is 0 Å². The Morgan fingerprint density at radius 1 is 0.917 bits per heavy atom. The molecule has 0 aromatic heterocycles. The zero-order chi connectivity index (χ0) is 9.40. The van der Waals surface area contributed by atoms with Crippen LogP contribution in [0.4, 0.5) is 0 Å². The Bertz CT molecular complexity index is 64.4. The molecule has 0 aromatic carbocycles. The Morgan fingerprint density at radius 3 is 1.33 bits per heavy atom. The SMILES string of the molecule is C1CCCC1.[CH2]C(C)CC(C)C. The van der Waals surface area contributed by atoms with Crippen molar-refractivity contribution in [1.82, 2.24) is 0 Å². The molecule has 1 atom stereocenters. The van der Waals surface area contributed by atoms with Gasteiger partial charge >= 0.3 is 0 Å². The first-order chi connectivity index (χ1) is 5.63. The van der Waals surface area contributed by atoms with Crippen molar-refractivity contribution in [3.8, 4) is 0 Å². The molecule has 0 nitrogen and oxygen atoms in total. The fourth-order valence-corrected chi connectivity index (χ4v) is 1.69. The molecule has 1 aliphatic carbocycles. The molecule has 0 bridgehead atoms. The van der Waals surface area contributed by atoms with Crippen molar-refractivity contribution in [2.24, 2.45) is 11.8 Å². The van der Waals surface area contributed by atoms with Gasteiger partial charge in [0.25, 0.3) is 0 Å². The van der Waals surface area contributed by atoms with E-state index in [0.29, 0.717) is 5.92 Å². The van der Waals surface area contributed by atoms with Crippen LogP contribution in [0.15, 0.2) is 0 Å². The molecule has 1 radical (unpaired) electrons. The molecule has 0 saturated heterocycles. The summed E-state index contributed by atoms with van der Waals surface area (Å²) in [5, 5.41) is 0. The molecule has 0 aliphatic heterocycles. The van der Waals surface area contributed by atoms with E-state index in [0.717, 1.165) is 5.92 Å². The summed E-state index contributed by atoms with van der Waals surface area (Å²) in [5.74, 6) is 1.44. The summed E-state index contributed by atoms with van der Waals surface area (Å²) < 4.78 is 0. The van der Waals surface area contributed by atoms with Crippen LogP contribution in [0.25, 0.3) is 0 Å². The van der Waals surface area contributed by atoms with E-state index in [2.05, 4.69) is 27.7 Å². The van der Waals surface area contributed by atoms with Gasteiger partial charge in [0.2, 0.25) is 0 Å². The minimum absolute atomic E-state index is 0.625. The highest BCUT2D eigenvalue weighted by molar-refractivity contribution is 4.55. The molecule has 0 aromatic rings. The Hall–Kier alpha value is 0. The highest BCUT2D eigenvalue weighted by Gasteiger charge is 1.96. The van der Waals surface area contributed by atoms with Crippen molar-refractivity contribution in [1.29, 1.82) is 0 Å². The summed E-state index contributed by atoms with van der Waals surface area (Å²) in [6.45, 7) is 10.5. The molecule has 0 heterocycles. The summed E-state index contributed by atoms with van der Waals surface area (Å²) >= 11 is 0. The maximum absolute atomic E-state index is 3.88. The van der Waals surface area contributed by atoms with Crippen molar-refractivity contribution in [2.45, 2.75) is 59.3 Å². The van der Waals surface area contributed by atoms with Crippen LogP contribution in [-0.2, 0) is 0 Å². The van der Waals surface area contributed by atoms with Crippen molar-refractivity contribution >= 4 is 0 Å². The molecule has 1 saturated carbocycles. The van der Waals surface area contributed by atoms with Crippen LogP contribution in [0.1, 0.15) is 59.3 Å². The van der Waals surface area contributed by atoms with E-state index >= 15 is 0 Å². The molecule has 1 unspecified atom stereocenters. The van der Waals surface area contributed by atoms with Crippen molar-refractivity contribution in [3.05, 3.63) is 6.92 Å². The summed E-state index contributed by atoms with van der Waals surface area (Å²) in [7, 11) is 0. The van der Waals surface area contributed by atoms with E-state index in [1.165, 1.54) is 38.5 Å². The van der Waals surface area contributed by atoms with Crippen molar-refractivity contribution in [2.75, 3.05) is 0 Å². The van der Waals surface area contributed by atoms with Crippen LogP contribution in [0.2, 0.25) is 0 Å². The summed E-state index contributed by atoms with van der Waals surface area (Å²) in [6.07, 6.45) is 8.75. The predicted molar refractivity (Wildman–Crippen MR) is 57.1 cm³/mol. The molecular formula is C12H25. The van der Waals surface area contributed by atoms with Crippen LogP contribution in [0.3, 0.4) is 0 Å². The van der Waals surface area contributed by atoms with Gasteiger partial charge in [0, 0.05) is 0 Å². The van der Waals surface area contributed by atoms with E-state index in [9.17, 15) is 0 Å². The molecule has 1 fully saturated rings. The van der Waals surface area contributed by atoms with Crippen molar-refractivity contribution < 1.29 is 0 Å². The first-order valence-corrected chi connectivity index (χ1v) is 5.46. The molecule has 0 N–H and O–H groups in total. The van der Waals surface area contributed by atoms with Gasteiger partial charge in [-0.3, -0.25) is 0 Å². The minimum atomic E-state index is 0.625. The second-order valence-electron chi connectivity index (χ2n) is 4.50. The Labute approximate surface area is 78.8 Å². The third-order valence-corrected chi connectivity index (χ3v) is 2.12. The lowest BCUT2D eigenvalue weighted by Gasteiger charge is -2.05. The lowest BCUT2D eigenvalue weighted by atomic mass is 10.0. The van der Waals surface area contributed by atoms with Gasteiger partial charge < -0.3 is 0 Å². The Kier molecular flexibility index (Phi) is 7.64. The molecular weight excluding hydrogens is 144 g/mol. The molecule has 73 valence electrons. The highest BCUT2D eigenvalue weighted by Crippen LogP contribution is 2.15. The van der Waals surface area contributed by atoms with E-state index in [-0.39, 0.29) is 0 Å². The van der Waals surface area contributed by atoms with Gasteiger partial charge in [-0.05, 0) is 18.3 Å². The van der Waals surface area contributed by atoms with E-state index in [1.54, 1.807) is 0 Å². The van der Waals surface area contributed by atoms with E-state index in [4.69, 9.17) is 0 Å². The third-order valence-electron chi connectivity index (χ3n) is 2.12. The largest absolute Gasteiger partial charge is 0.0628 e. The van der Waals surface area contributed by atoms with Crippen LogP contribution in [-0.4, -0.2) is 0 Å². The van der Waals surface area contributed by atoms with E-state index < -0.39 is 0 Å². The zero-order valence-corrected chi connectivity index (χ0v) is 9.10. The first-order valence-electron chi connectivity index (χ1n) is 5.46. The zero-order valence-electron chi connectivity index (χ0n) is 9.10. The highest BCUT2D eigenvalue weighted by atomic mass is 14.0. The number of rotatable bonds is 2. The van der Waals surface area contributed by atoms with Gasteiger partial charge in [-0.25, -0.2) is 0 Å².